The predicted octanol–water partition coefficient (Wildman–Crippen LogP) is -0.722. The predicted molar refractivity (Wildman–Crippen MR) is 111 cm³/mol. The molecular weight excluding hydrogens is 402 g/mol. The quantitative estimate of drug-likeness (QED) is 0.463. The van der Waals surface area contributed by atoms with Crippen molar-refractivity contribution in [2.45, 2.75) is 26.5 Å². The summed E-state index contributed by atoms with van der Waals surface area (Å²) < 4.78 is 15.2. The Morgan fingerprint density at radius 2 is 1.77 bits per heavy atom. The fraction of sp³-hybridized carbons (Fsp3) is 0.522. The molecule has 4 aliphatic heterocycles. The van der Waals surface area contributed by atoms with Gasteiger partial charge in [-0.05, 0) is 32.0 Å². The summed E-state index contributed by atoms with van der Waals surface area (Å²) in [6, 6.07) is 9.85. The Bertz CT molecular complexity index is 920. The number of nitrogens with zero attached hydrogens (tertiary/aromatic N) is 3. The number of piperazine rings is 3. The minimum Gasteiger partial charge on any atom is -1.00 e. The first kappa shape index (κ1) is 21.2. The average molecular weight is 432 g/mol. The maximum absolute atomic E-state index is 13.2. The molecule has 7 heteroatoms. The van der Waals surface area contributed by atoms with E-state index in [0.717, 1.165) is 72.2 Å². The number of aryl methyl sites for hydroxylation is 1. The fourth-order valence-corrected chi connectivity index (χ4v) is 5.08. The molecule has 1 aromatic heterocycles. The molecule has 5 heterocycles. The summed E-state index contributed by atoms with van der Waals surface area (Å²) in [5, 5.41) is 0. The lowest BCUT2D eigenvalue weighted by Gasteiger charge is -2.50. The van der Waals surface area contributed by atoms with Gasteiger partial charge in [0.1, 0.15) is 13.2 Å². The normalized spacial score (nSPS) is 26.9. The maximum Gasteiger partial charge on any atom is 0.218 e. The van der Waals surface area contributed by atoms with Crippen LogP contribution in [-0.2, 0) is 6.54 Å². The van der Waals surface area contributed by atoms with Gasteiger partial charge in [0.15, 0.2) is 17.6 Å². The van der Waals surface area contributed by atoms with E-state index in [1.807, 2.05) is 24.3 Å². The van der Waals surface area contributed by atoms with Crippen molar-refractivity contribution in [3.8, 4) is 11.5 Å². The number of carbonyl (C=O) groups is 1. The van der Waals surface area contributed by atoms with Crippen LogP contribution in [0.3, 0.4) is 0 Å². The zero-order valence-corrected chi connectivity index (χ0v) is 18.5. The molecule has 3 fully saturated rings. The number of aromatic nitrogens is 1. The number of benzene rings is 1. The number of para-hydroxylation sites is 2. The number of hydrogen-bond acceptors (Lipinski definition) is 4. The molecule has 2 aromatic rings. The molecule has 0 aliphatic carbocycles. The van der Waals surface area contributed by atoms with Gasteiger partial charge < -0.3 is 30.9 Å². The fourth-order valence-electron chi connectivity index (χ4n) is 5.08. The van der Waals surface area contributed by atoms with Crippen LogP contribution >= 0.6 is 0 Å². The summed E-state index contributed by atoms with van der Waals surface area (Å²) in [4.78, 5) is 15.8. The summed E-state index contributed by atoms with van der Waals surface area (Å²) in [6.07, 6.45) is -0.0605. The van der Waals surface area contributed by atoms with Crippen LogP contribution in [-0.4, -0.2) is 78.3 Å². The maximum atomic E-state index is 13.2. The van der Waals surface area contributed by atoms with Crippen molar-refractivity contribution in [2.24, 2.45) is 0 Å². The van der Waals surface area contributed by atoms with Crippen LogP contribution in [0.15, 0.2) is 30.3 Å². The molecule has 0 radical (unpaired) electrons. The molecule has 0 spiro atoms. The highest BCUT2D eigenvalue weighted by Gasteiger charge is 2.40. The highest BCUT2D eigenvalue weighted by atomic mass is 35.5. The molecule has 1 unspecified atom stereocenters. The van der Waals surface area contributed by atoms with Crippen molar-refractivity contribution in [2.75, 3.05) is 52.4 Å². The number of ether oxygens (including phenoxy) is 2. The molecule has 162 valence electrons. The first-order chi connectivity index (χ1) is 14.0. The lowest BCUT2D eigenvalue weighted by atomic mass is 10.1. The Morgan fingerprint density at radius 3 is 2.47 bits per heavy atom. The van der Waals surface area contributed by atoms with E-state index < -0.39 is 0 Å². The number of fused-ring (bicyclic) bond motifs is 4. The van der Waals surface area contributed by atoms with E-state index in [1.165, 1.54) is 0 Å². The third-order valence-electron chi connectivity index (χ3n) is 6.98. The van der Waals surface area contributed by atoms with Gasteiger partial charge in [-0.3, -0.25) is 9.69 Å². The molecule has 30 heavy (non-hydrogen) atoms. The zero-order valence-electron chi connectivity index (χ0n) is 17.8. The van der Waals surface area contributed by atoms with Gasteiger partial charge in [-0.25, -0.2) is 0 Å². The lowest BCUT2D eigenvalue weighted by Crippen LogP contribution is -3.00. The molecule has 1 atom stereocenters. The topological polar surface area (TPSA) is 43.7 Å². The second-order valence-corrected chi connectivity index (χ2v) is 8.83. The van der Waals surface area contributed by atoms with Gasteiger partial charge in [0.05, 0.1) is 26.2 Å². The average Bonchev–Trinajstić information content (AvgIpc) is 3.03. The van der Waals surface area contributed by atoms with Gasteiger partial charge >= 0.3 is 0 Å². The molecule has 2 bridgehead atoms. The Labute approximate surface area is 184 Å². The van der Waals surface area contributed by atoms with Crippen LogP contribution in [0.2, 0.25) is 0 Å². The van der Waals surface area contributed by atoms with Crippen LogP contribution in [0.4, 0.5) is 0 Å². The highest BCUT2D eigenvalue weighted by Crippen LogP contribution is 2.32. The Kier molecular flexibility index (Phi) is 5.84. The largest absolute Gasteiger partial charge is 1.00 e. The van der Waals surface area contributed by atoms with Gasteiger partial charge in [0.2, 0.25) is 5.78 Å². The van der Waals surface area contributed by atoms with Crippen molar-refractivity contribution >= 4 is 5.78 Å². The van der Waals surface area contributed by atoms with Crippen LogP contribution in [0.1, 0.15) is 21.7 Å². The molecule has 1 aromatic carbocycles. The summed E-state index contributed by atoms with van der Waals surface area (Å²) in [5.41, 5.74) is 3.03. The second-order valence-electron chi connectivity index (χ2n) is 8.83. The van der Waals surface area contributed by atoms with Crippen molar-refractivity contribution in [1.29, 1.82) is 0 Å². The molecule has 0 amide bonds. The standard InChI is InChI=1S/C23H30N3O3.ClH/c1-17-13-20(21(27)15-26-10-7-24(8-11-26)9-12-26)18(2)25(17)14-19-16-28-22-5-3-4-6-23(22)29-19;/h3-6,13,19H,7-12,14-16H2,1-2H3;1H/q+1;/p-1. The molecule has 3 saturated heterocycles. The van der Waals surface area contributed by atoms with Gasteiger partial charge in [0.25, 0.3) is 0 Å². The van der Waals surface area contributed by atoms with E-state index in [2.05, 4.69) is 29.4 Å². The van der Waals surface area contributed by atoms with Crippen molar-refractivity contribution in [3.63, 3.8) is 0 Å². The zero-order chi connectivity index (χ0) is 20.0. The van der Waals surface area contributed by atoms with Crippen LogP contribution < -0.4 is 21.9 Å². The number of carbonyl (C=O) groups excluding carboxylic acids is 1. The first-order valence-corrected chi connectivity index (χ1v) is 10.7. The van der Waals surface area contributed by atoms with Gasteiger partial charge in [0, 0.05) is 36.6 Å². The van der Waals surface area contributed by atoms with E-state index in [9.17, 15) is 4.79 Å². The third kappa shape index (κ3) is 3.84. The molecule has 0 saturated carbocycles. The molecule has 6 nitrogen and oxygen atoms in total. The van der Waals surface area contributed by atoms with Crippen molar-refractivity contribution in [3.05, 3.63) is 47.3 Å². The monoisotopic (exact) mass is 431 g/mol. The molecule has 4 aliphatic rings. The van der Waals surface area contributed by atoms with Crippen molar-refractivity contribution < 1.29 is 31.2 Å². The highest BCUT2D eigenvalue weighted by molar-refractivity contribution is 5.98. The van der Waals surface area contributed by atoms with Gasteiger partial charge in [-0.15, -0.1) is 0 Å². The summed E-state index contributed by atoms with van der Waals surface area (Å²) in [5.74, 6) is 1.88. The minimum absolute atomic E-state index is 0. The Balaban J connectivity index is 0.00000218. The summed E-state index contributed by atoms with van der Waals surface area (Å²) >= 11 is 0. The van der Waals surface area contributed by atoms with Gasteiger partial charge in [-0.1, -0.05) is 12.1 Å². The van der Waals surface area contributed by atoms with E-state index >= 15 is 0 Å². The number of halogens is 1. The number of quaternary nitrogens is 1. The second kappa shape index (κ2) is 8.25. The van der Waals surface area contributed by atoms with Crippen molar-refractivity contribution in [1.82, 2.24) is 9.47 Å². The lowest BCUT2D eigenvalue weighted by molar-refractivity contribution is -0.933. The van der Waals surface area contributed by atoms with E-state index in [1.54, 1.807) is 0 Å². The van der Waals surface area contributed by atoms with Crippen LogP contribution in [0, 0.1) is 13.8 Å². The van der Waals surface area contributed by atoms with Crippen LogP contribution in [0.5, 0.6) is 11.5 Å². The Morgan fingerprint density at radius 1 is 1.10 bits per heavy atom. The van der Waals surface area contributed by atoms with Crippen LogP contribution in [0.25, 0.3) is 0 Å². The van der Waals surface area contributed by atoms with Gasteiger partial charge in [-0.2, -0.15) is 0 Å². The summed E-state index contributed by atoms with van der Waals surface area (Å²) in [6.45, 7) is 12.7. The SMILES string of the molecule is Cc1cc(C(=O)C[N+]23CCN(CC2)CC3)c(C)n1CC1COc2ccccc2O1.[Cl-]. The van der Waals surface area contributed by atoms with E-state index in [-0.39, 0.29) is 24.3 Å². The molecule has 6 rings (SSSR count). The van der Waals surface area contributed by atoms with E-state index in [4.69, 9.17) is 9.47 Å². The number of Topliss-reactive ketones (excluding diaryl/α,β-unsaturated/α-hetero) is 1. The number of rotatable bonds is 5. The first-order valence-electron chi connectivity index (χ1n) is 10.7. The number of hydrogen-bond donors (Lipinski definition) is 0. The third-order valence-corrected chi connectivity index (χ3v) is 6.98. The van der Waals surface area contributed by atoms with E-state index in [0.29, 0.717) is 19.7 Å². The smallest absolute Gasteiger partial charge is 0.218 e. The number of ketones is 1. The minimum atomic E-state index is -0.0605. The summed E-state index contributed by atoms with van der Waals surface area (Å²) in [7, 11) is 0. The molecular formula is C23H30ClN3O3. The Hall–Kier alpha value is -2.02. The molecule has 0 N–H and O–H groups in total.